The first-order chi connectivity index (χ1) is 9.25. The van der Waals surface area contributed by atoms with Crippen LogP contribution in [0.2, 0.25) is 0 Å². The van der Waals surface area contributed by atoms with Gasteiger partial charge in [-0.25, -0.2) is 9.78 Å². The molecule has 0 N–H and O–H groups in total. The second kappa shape index (κ2) is 4.61. The van der Waals surface area contributed by atoms with Crippen molar-refractivity contribution in [1.29, 1.82) is 0 Å². The number of pyridine rings is 1. The first-order valence-electron chi connectivity index (χ1n) is 5.89. The number of hydrogen-bond acceptors (Lipinski definition) is 4. The molecule has 3 aromatic heterocycles. The van der Waals surface area contributed by atoms with Gasteiger partial charge in [-0.3, -0.25) is 0 Å². The zero-order valence-corrected chi connectivity index (χ0v) is 10.4. The predicted octanol–water partition coefficient (Wildman–Crippen LogP) is 2.59. The number of carbonyl (C=O) groups excluding carboxylic acids is 1. The minimum absolute atomic E-state index is 0.163. The van der Waals surface area contributed by atoms with E-state index in [0.717, 1.165) is 17.0 Å². The van der Waals surface area contributed by atoms with Crippen molar-refractivity contribution in [3.8, 4) is 0 Å². The largest absolute Gasteiger partial charge is 0.457 e. The van der Waals surface area contributed by atoms with Crippen LogP contribution in [0.15, 0.2) is 47.2 Å². The van der Waals surface area contributed by atoms with Gasteiger partial charge in [-0.05, 0) is 31.2 Å². The van der Waals surface area contributed by atoms with Gasteiger partial charge in [0.2, 0.25) is 5.76 Å². The van der Waals surface area contributed by atoms with Crippen molar-refractivity contribution in [2.24, 2.45) is 0 Å². The van der Waals surface area contributed by atoms with E-state index in [1.165, 1.54) is 6.26 Å². The monoisotopic (exact) mass is 256 g/mol. The second-order valence-electron chi connectivity index (χ2n) is 4.13. The van der Waals surface area contributed by atoms with Crippen LogP contribution in [0.1, 0.15) is 21.9 Å². The molecule has 0 amide bonds. The quantitative estimate of drug-likeness (QED) is 0.676. The number of furan rings is 1. The van der Waals surface area contributed by atoms with E-state index in [1.54, 1.807) is 12.1 Å². The summed E-state index contributed by atoms with van der Waals surface area (Å²) in [6.45, 7) is 2.06. The van der Waals surface area contributed by atoms with E-state index in [0.29, 0.717) is 0 Å². The van der Waals surface area contributed by atoms with Gasteiger partial charge in [0.05, 0.1) is 17.7 Å². The molecule has 0 saturated carbocycles. The molecule has 96 valence electrons. The highest BCUT2D eigenvalue weighted by Crippen LogP contribution is 2.13. The predicted molar refractivity (Wildman–Crippen MR) is 67.8 cm³/mol. The zero-order valence-electron chi connectivity index (χ0n) is 10.4. The minimum Gasteiger partial charge on any atom is -0.457 e. The molecule has 19 heavy (non-hydrogen) atoms. The fraction of sp³-hybridized carbons (Fsp3) is 0.143. The number of aromatic nitrogens is 2. The summed E-state index contributed by atoms with van der Waals surface area (Å²) in [5, 5.41) is 0. The SMILES string of the molecule is Cc1nc2ccccn2c1COC(=O)c1ccco1. The van der Waals surface area contributed by atoms with Crippen LogP contribution in [-0.4, -0.2) is 15.4 Å². The van der Waals surface area contributed by atoms with Crippen LogP contribution in [0.3, 0.4) is 0 Å². The molecule has 0 aliphatic rings. The summed E-state index contributed by atoms with van der Waals surface area (Å²) >= 11 is 0. The molecule has 5 nitrogen and oxygen atoms in total. The highest BCUT2D eigenvalue weighted by Gasteiger charge is 2.13. The zero-order chi connectivity index (χ0) is 13.2. The van der Waals surface area contributed by atoms with Crippen molar-refractivity contribution in [3.05, 3.63) is 59.9 Å². The molecule has 0 spiro atoms. The van der Waals surface area contributed by atoms with E-state index in [9.17, 15) is 4.79 Å². The van der Waals surface area contributed by atoms with Crippen molar-refractivity contribution in [3.63, 3.8) is 0 Å². The number of rotatable bonds is 3. The fourth-order valence-electron chi connectivity index (χ4n) is 1.94. The molecule has 0 aromatic carbocycles. The minimum atomic E-state index is -0.477. The normalized spacial score (nSPS) is 10.8. The summed E-state index contributed by atoms with van der Waals surface area (Å²) < 4.78 is 12.1. The van der Waals surface area contributed by atoms with Crippen LogP contribution < -0.4 is 0 Å². The molecule has 5 heteroatoms. The Labute approximate surface area is 109 Å². The van der Waals surface area contributed by atoms with Crippen LogP contribution in [-0.2, 0) is 11.3 Å². The van der Waals surface area contributed by atoms with Gasteiger partial charge >= 0.3 is 5.97 Å². The second-order valence-corrected chi connectivity index (χ2v) is 4.13. The molecule has 0 bridgehead atoms. The van der Waals surface area contributed by atoms with Crippen LogP contribution >= 0.6 is 0 Å². The van der Waals surface area contributed by atoms with Gasteiger partial charge in [-0.15, -0.1) is 0 Å². The van der Waals surface area contributed by atoms with Crippen LogP contribution in [0.25, 0.3) is 5.65 Å². The van der Waals surface area contributed by atoms with E-state index in [2.05, 4.69) is 4.98 Å². The maximum absolute atomic E-state index is 11.7. The lowest BCUT2D eigenvalue weighted by atomic mass is 10.3. The Morgan fingerprint density at radius 1 is 1.37 bits per heavy atom. The highest BCUT2D eigenvalue weighted by molar-refractivity contribution is 5.86. The van der Waals surface area contributed by atoms with E-state index in [1.807, 2.05) is 35.7 Å². The number of aryl methyl sites for hydroxylation is 1. The molecule has 0 saturated heterocycles. The van der Waals surface area contributed by atoms with Crippen LogP contribution in [0.4, 0.5) is 0 Å². The molecule has 0 radical (unpaired) electrons. The van der Waals surface area contributed by atoms with Crippen LogP contribution in [0, 0.1) is 6.92 Å². The Hall–Kier alpha value is -2.56. The smallest absolute Gasteiger partial charge is 0.374 e. The van der Waals surface area contributed by atoms with Crippen molar-refractivity contribution < 1.29 is 13.9 Å². The number of hydrogen-bond donors (Lipinski definition) is 0. The topological polar surface area (TPSA) is 56.7 Å². The third-order valence-electron chi connectivity index (χ3n) is 2.89. The summed E-state index contributed by atoms with van der Waals surface area (Å²) in [5.41, 5.74) is 2.54. The molecule has 0 fully saturated rings. The van der Waals surface area contributed by atoms with E-state index in [4.69, 9.17) is 9.15 Å². The number of nitrogens with zero attached hydrogens (tertiary/aromatic N) is 2. The van der Waals surface area contributed by atoms with Gasteiger partial charge in [-0.2, -0.15) is 0 Å². The Morgan fingerprint density at radius 3 is 3.05 bits per heavy atom. The Balaban J connectivity index is 1.82. The fourth-order valence-corrected chi connectivity index (χ4v) is 1.94. The molecular weight excluding hydrogens is 244 g/mol. The molecular formula is C14H12N2O3. The van der Waals surface area contributed by atoms with Gasteiger partial charge in [-0.1, -0.05) is 6.07 Å². The van der Waals surface area contributed by atoms with Gasteiger partial charge in [0.1, 0.15) is 12.3 Å². The van der Waals surface area contributed by atoms with E-state index >= 15 is 0 Å². The van der Waals surface area contributed by atoms with Crippen molar-refractivity contribution in [2.45, 2.75) is 13.5 Å². The van der Waals surface area contributed by atoms with Crippen molar-refractivity contribution in [2.75, 3.05) is 0 Å². The lowest BCUT2D eigenvalue weighted by molar-refractivity contribution is 0.0429. The number of fused-ring (bicyclic) bond motifs is 1. The number of imidazole rings is 1. The number of esters is 1. The van der Waals surface area contributed by atoms with Gasteiger partial charge in [0, 0.05) is 6.20 Å². The summed E-state index contributed by atoms with van der Waals surface area (Å²) in [6, 6.07) is 8.96. The summed E-state index contributed by atoms with van der Waals surface area (Å²) in [7, 11) is 0. The first kappa shape index (κ1) is 11.5. The van der Waals surface area contributed by atoms with Gasteiger partial charge < -0.3 is 13.6 Å². The molecule has 0 aliphatic heterocycles. The maximum atomic E-state index is 11.7. The third-order valence-corrected chi connectivity index (χ3v) is 2.89. The number of ether oxygens (including phenoxy) is 1. The summed E-state index contributed by atoms with van der Waals surface area (Å²) in [4.78, 5) is 16.1. The standard InChI is InChI=1S/C14H12N2O3/c1-10-11(16-7-3-2-6-13(16)15-10)9-19-14(17)12-5-4-8-18-12/h2-8H,9H2,1H3. The van der Waals surface area contributed by atoms with Gasteiger partial charge in [0.15, 0.2) is 0 Å². The molecule has 3 heterocycles. The van der Waals surface area contributed by atoms with Crippen molar-refractivity contribution in [1.82, 2.24) is 9.38 Å². The van der Waals surface area contributed by atoms with E-state index in [-0.39, 0.29) is 12.4 Å². The molecule has 3 rings (SSSR count). The van der Waals surface area contributed by atoms with Crippen molar-refractivity contribution >= 4 is 11.6 Å². The Kier molecular flexibility index (Phi) is 2.79. The Bertz CT molecular complexity index is 713. The average molecular weight is 256 g/mol. The summed E-state index contributed by atoms with van der Waals surface area (Å²) in [5.74, 6) is -0.276. The highest BCUT2D eigenvalue weighted by atomic mass is 16.5. The summed E-state index contributed by atoms with van der Waals surface area (Å²) in [6.07, 6.45) is 3.33. The van der Waals surface area contributed by atoms with E-state index < -0.39 is 5.97 Å². The lowest BCUT2D eigenvalue weighted by Crippen LogP contribution is -2.06. The average Bonchev–Trinajstić information content (AvgIpc) is 3.03. The molecule has 3 aromatic rings. The van der Waals surface area contributed by atoms with Crippen LogP contribution in [0.5, 0.6) is 0 Å². The first-order valence-corrected chi connectivity index (χ1v) is 5.89. The number of carbonyl (C=O) groups is 1. The third kappa shape index (κ3) is 2.10. The lowest BCUT2D eigenvalue weighted by Gasteiger charge is -2.04. The van der Waals surface area contributed by atoms with Gasteiger partial charge in [0.25, 0.3) is 0 Å². The Morgan fingerprint density at radius 2 is 2.26 bits per heavy atom. The molecule has 0 atom stereocenters. The molecule has 0 aliphatic carbocycles. The maximum Gasteiger partial charge on any atom is 0.374 e. The molecule has 0 unspecified atom stereocenters.